The van der Waals surface area contributed by atoms with Gasteiger partial charge in [0.1, 0.15) is 18.1 Å². The molecule has 0 radical (unpaired) electrons. The van der Waals surface area contributed by atoms with E-state index in [1.165, 1.54) is 0 Å². The Kier molecular flexibility index (Phi) is 5.96. The van der Waals surface area contributed by atoms with Gasteiger partial charge in [-0.15, -0.1) is 11.8 Å². The van der Waals surface area contributed by atoms with Gasteiger partial charge in [0, 0.05) is 10.6 Å². The van der Waals surface area contributed by atoms with Crippen LogP contribution in [0.4, 0.5) is 0 Å². The largest absolute Gasteiger partial charge is 0.496 e. The van der Waals surface area contributed by atoms with Crippen molar-refractivity contribution in [1.29, 1.82) is 0 Å². The summed E-state index contributed by atoms with van der Waals surface area (Å²) in [5.41, 5.74) is 1.07. The molecule has 0 fully saturated rings. The molecule has 0 aromatic heterocycles. The van der Waals surface area contributed by atoms with Crippen molar-refractivity contribution in [2.75, 3.05) is 19.5 Å². The van der Waals surface area contributed by atoms with Gasteiger partial charge in [-0.05, 0) is 30.7 Å². The fraction of sp³-hybridized carbons (Fsp3) is 0.294. The van der Waals surface area contributed by atoms with Crippen molar-refractivity contribution in [3.05, 3.63) is 54.1 Å². The number of methoxy groups -OCH3 is 1. The maximum absolute atomic E-state index is 10.0. The molecule has 0 aliphatic heterocycles. The fourth-order valence-electron chi connectivity index (χ4n) is 1.88. The minimum absolute atomic E-state index is 0.285. The van der Waals surface area contributed by atoms with Crippen LogP contribution in [0.15, 0.2) is 53.4 Å². The Morgan fingerprint density at radius 1 is 1.05 bits per heavy atom. The van der Waals surface area contributed by atoms with Gasteiger partial charge in [-0.25, -0.2) is 0 Å². The Morgan fingerprint density at radius 2 is 1.71 bits per heavy atom. The third-order valence-electron chi connectivity index (χ3n) is 3.03. The number of hydrogen-bond acceptors (Lipinski definition) is 4. The van der Waals surface area contributed by atoms with E-state index in [-0.39, 0.29) is 6.61 Å². The Labute approximate surface area is 129 Å². The molecule has 1 unspecified atom stereocenters. The predicted molar refractivity (Wildman–Crippen MR) is 86.4 cm³/mol. The second-order valence-electron chi connectivity index (χ2n) is 4.69. The molecule has 2 rings (SSSR count). The lowest BCUT2D eigenvalue weighted by Crippen LogP contribution is -2.20. The maximum atomic E-state index is 10.0. The Morgan fingerprint density at radius 3 is 2.43 bits per heavy atom. The van der Waals surface area contributed by atoms with Crippen molar-refractivity contribution in [3.63, 3.8) is 0 Å². The molecule has 0 bridgehead atoms. The number of benzene rings is 2. The van der Waals surface area contributed by atoms with E-state index in [0.29, 0.717) is 5.75 Å². The molecule has 2 aromatic rings. The van der Waals surface area contributed by atoms with E-state index in [1.807, 2.05) is 55.5 Å². The van der Waals surface area contributed by atoms with Gasteiger partial charge in [0.15, 0.2) is 0 Å². The fourth-order valence-corrected chi connectivity index (χ4v) is 2.81. The third kappa shape index (κ3) is 4.69. The van der Waals surface area contributed by atoms with Gasteiger partial charge >= 0.3 is 0 Å². The lowest BCUT2D eigenvalue weighted by atomic mass is 10.2. The van der Waals surface area contributed by atoms with Crippen LogP contribution >= 0.6 is 11.8 Å². The van der Waals surface area contributed by atoms with E-state index in [4.69, 9.17) is 9.47 Å². The molecule has 0 saturated carbocycles. The highest BCUT2D eigenvalue weighted by Crippen LogP contribution is 2.29. The molecule has 2 aromatic carbocycles. The van der Waals surface area contributed by atoms with Crippen molar-refractivity contribution < 1.29 is 14.6 Å². The topological polar surface area (TPSA) is 38.7 Å². The average Bonchev–Trinajstić information content (AvgIpc) is 2.52. The summed E-state index contributed by atoms with van der Waals surface area (Å²) < 4.78 is 10.9. The first-order valence-electron chi connectivity index (χ1n) is 6.83. The first kappa shape index (κ1) is 15.7. The van der Waals surface area contributed by atoms with Gasteiger partial charge in [0.05, 0.1) is 13.2 Å². The standard InChI is InChI=1S/C17H20O3S/c1-13-7-3-4-8-15(13)20-11-14(18)12-21-17-10-6-5-9-16(17)19-2/h3-10,14,18H,11-12H2,1-2H3. The predicted octanol–water partition coefficient (Wildman–Crippen LogP) is 3.54. The van der Waals surface area contributed by atoms with E-state index < -0.39 is 6.10 Å². The van der Waals surface area contributed by atoms with Crippen LogP contribution in [-0.4, -0.2) is 30.7 Å². The van der Waals surface area contributed by atoms with E-state index in [0.717, 1.165) is 22.0 Å². The molecule has 0 aliphatic rings. The Bertz CT molecular complexity index is 571. The zero-order valence-corrected chi connectivity index (χ0v) is 13.1. The molecule has 0 amide bonds. The Balaban J connectivity index is 1.82. The molecular weight excluding hydrogens is 284 g/mol. The zero-order valence-electron chi connectivity index (χ0n) is 12.3. The summed E-state index contributed by atoms with van der Waals surface area (Å²) in [6, 6.07) is 15.6. The van der Waals surface area contributed by atoms with Crippen LogP contribution in [0.5, 0.6) is 11.5 Å². The first-order chi connectivity index (χ1) is 10.2. The zero-order chi connectivity index (χ0) is 15.1. The molecule has 0 spiro atoms. The van der Waals surface area contributed by atoms with E-state index in [9.17, 15) is 5.11 Å². The molecule has 3 nitrogen and oxygen atoms in total. The van der Waals surface area contributed by atoms with E-state index in [1.54, 1.807) is 18.9 Å². The van der Waals surface area contributed by atoms with Gasteiger partial charge in [-0.2, -0.15) is 0 Å². The molecule has 0 aliphatic carbocycles. The lowest BCUT2D eigenvalue weighted by Gasteiger charge is -2.14. The summed E-state index contributed by atoms with van der Waals surface area (Å²) in [6.07, 6.45) is -0.528. The first-order valence-corrected chi connectivity index (χ1v) is 7.81. The molecule has 1 N–H and O–H groups in total. The molecule has 112 valence electrons. The van der Waals surface area contributed by atoms with Gasteiger partial charge < -0.3 is 14.6 Å². The summed E-state index contributed by atoms with van der Waals surface area (Å²) >= 11 is 1.56. The van der Waals surface area contributed by atoms with Crippen molar-refractivity contribution in [1.82, 2.24) is 0 Å². The average molecular weight is 304 g/mol. The van der Waals surface area contributed by atoms with Crippen LogP contribution < -0.4 is 9.47 Å². The molecule has 21 heavy (non-hydrogen) atoms. The molecular formula is C17H20O3S. The van der Waals surface area contributed by atoms with E-state index in [2.05, 4.69) is 0 Å². The minimum atomic E-state index is -0.528. The van der Waals surface area contributed by atoms with Crippen LogP contribution in [-0.2, 0) is 0 Å². The number of aliphatic hydroxyl groups excluding tert-OH is 1. The highest BCUT2D eigenvalue weighted by atomic mass is 32.2. The summed E-state index contributed by atoms with van der Waals surface area (Å²) in [5.74, 6) is 2.21. The van der Waals surface area contributed by atoms with Crippen LogP contribution in [0, 0.1) is 6.92 Å². The SMILES string of the molecule is COc1ccccc1SCC(O)COc1ccccc1C. The van der Waals surface area contributed by atoms with Gasteiger partial charge in [0.2, 0.25) is 0 Å². The number of para-hydroxylation sites is 2. The minimum Gasteiger partial charge on any atom is -0.496 e. The van der Waals surface area contributed by atoms with Crippen molar-refractivity contribution in [2.45, 2.75) is 17.9 Å². The summed E-state index contributed by atoms with van der Waals surface area (Å²) in [4.78, 5) is 1.02. The summed E-state index contributed by atoms with van der Waals surface area (Å²) in [7, 11) is 1.65. The maximum Gasteiger partial charge on any atom is 0.132 e. The normalized spacial score (nSPS) is 12.0. The van der Waals surface area contributed by atoms with Gasteiger partial charge in [-0.1, -0.05) is 30.3 Å². The van der Waals surface area contributed by atoms with Crippen LogP contribution in [0.2, 0.25) is 0 Å². The third-order valence-corrected chi connectivity index (χ3v) is 4.22. The van der Waals surface area contributed by atoms with Gasteiger partial charge in [-0.3, -0.25) is 0 Å². The second kappa shape index (κ2) is 7.96. The smallest absolute Gasteiger partial charge is 0.132 e. The van der Waals surface area contributed by atoms with Crippen LogP contribution in [0.3, 0.4) is 0 Å². The van der Waals surface area contributed by atoms with Crippen molar-refractivity contribution in [2.24, 2.45) is 0 Å². The van der Waals surface area contributed by atoms with Crippen molar-refractivity contribution >= 4 is 11.8 Å². The van der Waals surface area contributed by atoms with Crippen LogP contribution in [0.1, 0.15) is 5.56 Å². The highest BCUT2D eigenvalue weighted by molar-refractivity contribution is 7.99. The number of thioether (sulfide) groups is 1. The number of rotatable bonds is 7. The summed E-state index contributed by atoms with van der Waals surface area (Å²) in [5, 5.41) is 10.0. The molecule has 0 saturated heterocycles. The number of hydrogen-bond donors (Lipinski definition) is 1. The molecule has 1 atom stereocenters. The van der Waals surface area contributed by atoms with Gasteiger partial charge in [0.25, 0.3) is 0 Å². The Hall–Kier alpha value is -1.65. The number of aryl methyl sites for hydroxylation is 1. The van der Waals surface area contributed by atoms with Crippen molar-refractivity contribution in [3.8, 4) is 11.5 Å². The number of aliphatic hydroxyl groups is 1. The quantitative estimate of drug-likeness (QED) is 0.794. The monoisotopic (exact) mass is 304 g/mol. The molecule has 0 heterocycles. The highest BCUT2D eigenvalue weighted by Gasteiger charge is 2.09. The summed E-state index contributed by atoms with van der Waals surface area (Å²) in [6.45, 7) is 2.28. The van der Waals surface area contributed by atoms with E-state index >= 15 is 0 Å². The second-order valence-corrected chi connectivity index (χ2v) is 5.75. The lowest BCUT2D eigenvalue weighted by molar-refractivity contribution is 0.126. The number of ether oxygens (including phenoxy) is 2. The van der Waals surface area contributed by atoms with Crippen LogP contribution in [0.25, 0.3) is 0 Å². The molecule has 4 heteroatoms.